The van der Waals surface area contributed by atoms with Gasteiger partial charge in [-0.1, -0.05) is 0 Å². The Morgan fingerprint density at radius 1 is 1.00 bits per heavy atom. The molecule has 1 aliphatic rings. The quantitative estimate of drug-likeness (QED) is 0.394. The lowest BCUT2D eigenvalue weighted by Gasteiger charge is -2.28. The molecule has 66 valence electrons. The Bertz CT molecular complexity index is 128. The zero-order chi connectivity index (χ0) is 8.48. The molecule has 0 atom stereocenters. The largest absolute Gasteiger partial charge is 0.496 e. The topological polar surface area (TPSA) is 86.7 Å². The van der Waals surface area contributed by atoms with Crippen molar-refractivity contribution in [1.29, 1.82) is 0 Å². The summed E-state index contributed by atoms with van der Waals surface area (Å²) in [6.07, 6.45) is 2.88. The van der Waals surface area contributed by atoms with Crippen molar-refractivity contribution in [2.24, 2.45) is 5.73 Å². The Morgan fingerprint density at radius 3 is 1.82 bits per heavy atom. The van der Waals surface area contributed by atoms with Crippen LogP contribution in [0.5, 0.6) is 0 Å². The van der Waals surface area contributed by atoms with Crippen LogP contribution in [0.2, 0.25) is 5.54 Å². The molecule has 0 aliphatic heterocycles. The monoisotopic (exact) mass is 177 g/mol. The minimum atomic E-state index is -3.84. The highest BCUT2D eigenvalue weighted by Crippen LogP contribution is 2.32. The van der Waals surface area contributed by atoms with Crippen LogP contribution >= 0.6 is 0 Å². The number of rotatable bonds is 1. The first-order valence-corrected chi connectivity index (χ1v) is 5.84. The predicted octanol–water partition coefficient (Wildman–Crippen LogP) is -0.826. The first kappa shape index (κ1) is 9.15. The van der Waals surface area contributed by atoms with E-state index in [2.05, 4.69) is 0 Å². The number of hydrogen-bond acceptors (Lipinski definition) is 4. The molecule has 1 saturated carbocycles. The van der Waals surface area contributed by atoms with Crippen LogP contribution in [0, 0.1) is 0 Å². The normalized spacial score (nSPS) is 33.8. The summed E-state index contributed by atoms with van der Waals surface area (Å²) < 4.78 is 0. The van der Waals surface area contributed by atoms with Gasteiger partial charge in [0.05, 0.1) is 0 Å². The lowest BCUT2D eigenvalue weighted by atomic mass is 9.96. The highest BCUT2D eigenvalue weighted by atomic mass is 28.4. The minimum Gasteiger partial charge on any atom is -0.390 e. The van der Waals surface area contributed by atoms with E-state index in [1.54, 1.807) is 0 Å². The van der Waals surface area contributed by atoms with E-state index in [1.807, 2.05) is 0 Å². The van der Waals surface area contributed by atoms with Gasteiger partial charge in [0.15, 0.2) is 0 Å². The van der Waals surface area contributed by atoms with Crippen LogP contribution in [0.1, 0.15) is 25.7 Å². The van der Waals surface area contributed by atoms with Crippen LogP contribution in [-0.2, 0) is 0 Å². The molecule has 0 spiro atoms. The first-order valence-electron chi connectivity index (χ1n) is 3.93. The lowest BCUT2D eigenvalue weighted by Crippen LogP contribution is -2.43. The smallest absolute Gasteiger partial charge is 0.390 e. The van der Waals surface area contributed by atoms with Crippen LogP contribution in [0.3, 0.4) is 0 Å². The summed E-state index contributed by atoms with van der Waals surface area (Å²) in [6.45, 7) is 0. The maximum atomic E-state index is 8.94. The third-order valence-corrected chi connectivity index (χ3v) is 3.99. The van der Waals surface area contributed by atoms with Gasteiger partial charge in [-0.25, -0.2) is 0 Å². The summed E-state index contributed by atoms with van der Waals surface area (Å²) in [5.74, 6) is 0. The average Bonchev–Trinajstić information content (AvgIpc) is 1.86. The summed E-state index contributed by atoms with van der Waals surface area (Å²) in [4.78, 5) is 26.8. The van der Waals surface area contributed by atoms with Crippen molar-refractivity contribution in [3.63, 3.8) is 0 Å². The van der Waals surface area contributed by atoms with E-state index < -0.39 is 8.80 Å². The number of nitrogens with two attached hydrogens (primary N) is 1. The molecule has 1 rings (SSSR count). The summed E-state index contributed by atoms with van der Waals surface area (Å²) in [6, 6.07) is 0.183. The van der Waals surface area contributed by atoms with E-state index in [4.69, 9.17) is 20.1 Å². The van der Waals surface area contributed by atoms with Gasteiger partial charge in [0, 0.05) is 11.6 Å². The SMILES string of the molecule is NC1CCC([Si](O)(O)O)CC1. The fraction of sp³-hybridized carbons (Fsp3) is 1.00. The summed E-state index contributed by atoms with van der Waals surface area (Å²) in [7, 11) is -3.84. The first-order chi connectivity index (χ1) is 5.00. The molecule has 0 heterocycles. The standard InChI is InChI=1S/C6H15NO3Si/c7-5-1-3-6(4-2-5)11(8,9)10/h5-6,8-10H,1-4,7H2. The van der Waals surface area contributed by atoms with Crippen molar-refractivity contribution in [1.82, 2.24) is 0 Å². The number of hydrogen-bond donors (Lipinski definition) is 4. The van der Waals surface area contributed by atoms with E-state index in [-0.39, 0.29) is 11.6 Å². The zero-order valence-corrected chi connectivity index (χ0v) is 7.40. The third kappa shape index (κ3) is 2.53. The Labute approximate surface area is 67.0 Å². The fourth-order valence-corrected chi connectivity index (χ4v) is 2.61. The van der Waals surface area contributed by atoms with Gasteiger partial charge in [-0.05, 0) is 25.7 Å². The molecule has 1 aliphatic carbocycles. The van der Waals surface area contributed by atoms with E-state index in [1.165, 1.54) is 0 Å². The van der Waals surface area contributed by atoms with E-state index in [0.717, 1.165) is 12.8 Å². The summed E-state index contributed by atoms with van der Waals surface area (Å²) >= 11 is 0. The molecule has 1 fully saturated rings. The maximum Gasteiger partial charge on any atom is 0.496 e. The van der Waals surface area contributed by atoms with Gasteiger partial charge in [0.2, 0.25) is 0 Å². The molecule has 0 unspecified atom stereocenters. The van der Waals surface area contributed by atoms with E-state index in [9.17, 15) is 0 Å². The van der Waals surface area contributed by atoms with E-state index >= 15 is 0 Å². The molecule has 11 heavy (non-hydrogen) atoms. The summed E-state index contributed by atoms with van der Waals surface area (Å²) in [5, 5.41) is 0. The molecule has 0 aromatic carbocycles. The fourth-order valence-electron chi connectivity index (χ4n) is 1.51. The molecule has 5 heteroatoms. The maximum absolute atomic E-state index is 8.94. The summed E-state index contributed by atoms with van der Waals surface area (Å²) in [5.41, 5.74) is 5.32. The third-order valence-electron chi connectivity index (χ3n) is 2.32. The van der Waals surface area contributed by atoms with Crippen molar-refractivity contribution in [2.75, 3.05) is 0 Å². The molecule has 0 amide bonds. The van der Waals surface area contributed by atoms with Gasteiger partial charge in [0.1, 0.15) is 0 Å². The highest BCUT2D eigenvalue weighted by Gasteiger charge is 2.40. The molecule has 0 saturated heterocycles. The van der Waals surface area contributed by atoms with Crippen LogP contribution in [-0.4, -0.2) is 29.2 Å². The second kappa shape index (κ2) is 3.20. The molecule has 4 nitrogen and oxygen atoms in total. The average molecular weight is 177 g/mol. The van der Waals surface area contributed by atoms with Crippen molar-refractivity contribution < 1.29 is 14.4 Å². The van der Waals surface area contributed by atoms with Crippen molar-refractivity contribution in [3.8, 4) is 0 Å². The molecule has 0 aromatic rings. The Morgan fingerprint density at radius 2 is 1.45 bits per heavy atom. The zero-order valence-electron chi connectivity index (χ0n) is 6.40. The lowest BCUT2D eigenvalue weighted by molar-refractivity contribution is 0.194. The van der Waals surface area contributed by atoms with E-state index in [0.29, 0.717) is 12.8 Å². The van der Waals surface area contributed by atoms with Gasteiger partial charge in [-0.2, -0.15) is 0 Å². The van der Waals surface area contributed by atoms with Crippen molar-refractivity contribution in [2.45, 2.75) is 37.3 Å². The predicted molar refractivity (Wildman–Crippen MR) is 42.6 cm³/mol. The van der Waals surface area contributed by atoms with Crippen LogP contribution in [0.15, 0.2) is 0 Å². The van der Waals surface area contributed by atoms with Gasteiger partial charge in [-0.15, -0.1) is 0 Å². The Kier molecular flexibility index (Phi) is 2.66. The van der Waals surface area contributed by atoms with Gasteiger partial charge in [0.25, 0.3) is 0 Å². The van der Waals surface area contributed by atoms with Crippen LogP contribution < -0.4 is 5.73 Å². The van der Waals surface area contributed by atoms with Crippen molar-refractivity contribution >= 4 is 8.80 Å². The Hall–Kier alpha value is 0.0569. The minimum absolute atomic E-state index is 0.183. The van der Waals surface area contributed by atoms with Gasteiger partial charge < -0.3 is 20.1 Å². The molecule has 0 bridgehead atoms. The molecule has 5 N–H and O–H groups in total. The van der Waals surface area contributed by atoms with Gasteiger partial charge in [-0.3, -0.25) is 0 Å². The van der Waals surface area contributed by atoms with Gasteiger partial charge >= 0.3 is 8.80 Å². The second-order valence-corrected chi connectivity index (χ2v) is 5.49. The van der Waals surface area contributed by atoms with Crippen LogP contribution in [0.4, 0.5) is 0 Å². The second-order valence-electron chi connectivity index (χ2n) is 3.30. The van der Waals surface area contributed by atoms with Crippen LogP contribution in [0.25, 0.3) is 0 Å². The molecular formula is C6H15NO3Si. The van der Waals surface area contributed by atoms with Crippen molar-refractivity contribution in [3.05, 3.63) is 0 Å². The molecular weight excluding hydrogens is 162 g/mol. The molecule has 0 aromatic heterocycles. The Balaban J connectivity index is 2.39. The molecule has 0 radical (unpaired) electrons. The highest BCUT2D eigenvalue weighted by molar-refractivity contribution is 6.58.